The van der Waals surface area contributed by atoms with E-state index >= 15 is 0 Å². The number of halogens is 6. The first-order valence-corrected chi connectivity index (χ1v) is 7.43. The molecule has 1 aromatic carbocycles. The third kappa shape index (κ3) is 4.43. The molecular formula is C14H8Cl3F3N2O2. The molecule has 0 saturated heterocycles. The standard InChI is InChI=1S/C14H8Cl3F3N2O2/c15-8-4-10(17)13(24)22(5-8)6-12(23)21-11-3-7(14(18,19)20)1-2-9(11)16/h1-5H,6H2,(H,21,23). The highest BCUT2D eigenvalue weighted by atomic mass is 35.5. The molecule has 0 saturated carbocycles. The summed E-state index contributed by atoms with van der Waals surface area (Å²) in [5.41, 5.74) is -1.85. The van der Waals surface area contributed by atoms with Gasteiger partial charge < -0.3 is 9.88 Å². The Labute approximate surface area is 148 Å². The Balaban J connectivity index is 2.23. The number of nitrogens with one attached hydrogen (secondary N) is 1. The van der Waals surface area contributed by atoms with E-state index in [2.05, 4.69) is 5.32 Å². The van der Waals surface area contributed by atoms with Crippen LogP contribution in [-0.2, 0) is 17.5 Å². The molecule has 2 rings (SSSR count). The molecule has 1 heterocycles. The molecule has 24 heavy (non-hydrogen) atoms. The first-order chi connectivity index (χ1) is 11.1. The van der Waals surface area contributed by atoms with E-state index in [0.717, 1.165) is 16.7 Å². The van der Waals surface area contributed by atoms with Crippen molar-refractivity contribution < 1.29 is 18.0 Å². The predicted molar refractivity (Wildman–Crippen MR) is 85.8 cm³/mol. The van der Waals surface area contributed by atoms with Gasteiger partial charge in [-0.2, -0.15) is 13.2 Å². The number of rotatable bonds is 3. The summed E-state index contributed by atoms with van der Waals surface area (Å²) in [5, 5.41) is 2.09. The molecule has 0 unspecified atom stereocenters. The van der Waals surface area contributed by atoms with Crippen molar-refractivity contribution in [2.24, 2.45) is 0 Å². The number of amides is 1. The molecular weight excluding hydrogens is 392 g/mol. The van der Waals surface area contributed by atoms with E-state index in [-0.39, 0.29) is 20.8 Å². The number of hydrogen-bond acceptors (Lipinski definition) is 2. The summed E-state index contributed by atoms with van der Waals surface area (Å²) in [4.78, 5) is 23.8. The minimum absolute atomic E-state index is 0.0761. The van der Waals surface area contributed by atoms with Crippen LogP contribution in [0.25, 0.3) is 0 Å². The van der Waals surface area contributed by atoms with Crippen LogP contribution >= 0.6 is 34.8 Å². The van der Waals surface area contributed by atoms with Gasteiger partial charge in [0.15, 0.2) is 0 Å². The van der Waals surface area contributed by atoms with Crippen molar-refractivity contribution in [2.75, 3.05) is 5.32 Å². The quantitative estimate of drug-likeness (QED) is 0.828. The number of benzene rings is 1. The van der Waals surface area contributed by atoms with E-state index in [0.29, 0.717) is 6.07 Å². The lowest BCUT2D eigenvalue weighted by molar-refractivity contribution is -0.137. The number of anilines is 1. The first kappa shape index (κ1) is 18.6. The summed E-state index contributed by atoms with van der Waals surface area (Å²) >= 11 is 17.2. The molecule has 0 aliphatic rings. The summed E-state index contributed by atoms with van der Waals surface area (Å²) in [6, 6.07) is 3.72. The lowest BCUT2D eigenvalue weighted by Crippen LogP contribution is -2.27. The van der Waals surface area contributed by atoms with E-state index in [1.807, 2.05) is 0 Å². The highest BCUT2D eigenvalue weighted by Gasteiger charge is 2.31. The van der Waals surface area contributed by atoms with Gasteiger partial charge in [0.1, 0.15) is 11.6 Å². The minimum atomic E-state index is -4.58. The number of aromatic nitrogens is 1. The Bertz CT molecular complexity index is 850. The van der Waals surface area contributed by atoms with Crippen molar-refractivity contribution in [2.45, 2.75) is 12.7 Å². The predicted octanol–water partition coefficient (Wildman–Crippen LogP) is 4.47. The Kier molecular flexibility index (Phi) is 5.47. The van der Waals surface area contributed by atoms with Gasteiger partial charge in [0.05, 0.1) is 21.3 Å². The molecule has 128 valence electrons. The highest BCUT2D eigenvalue weighted by Crippen LogP contribution is 2.33. The van der Waals surface area contributed by atoms with E-state index in [9.17, 15) is 22.8 Å². The molecule has 0 fully saturated rings. The average Bonchev–Trinajstić information content (AvgIpc) is 2.45. The van der Waals surface area contributed by atoms with E-state index in [1.54, 1.807) is 0 Å². The van der Waals surface area contributed by atoms with Crippen LogP contribution in [-0.4, -0.2) is 10.5 Å². The fourth-order valence-corrected chi connectivity index (χ4v) is 2.50. The largest absolute Gasteiger partial charge is 0.416 e. The zero-order valence-electron chi connectivity index (χ0n) is 11.6. The van der Waals surface area contributed by atoms with Crippen molar-refractivity contribution >= 4 is 46.4 Å². The summed E-state index contributed by atoms with van der Waals surface area (Å²) in [6.45, 7) is -0.494. The molecule has 1 amide bonds. The van der Waals surface area contributed by atoms with Gasteiger partial charge in [-0.3, -0.25) is 9.59 Å². The number of alkyl halides is 3. The third-order valence-corrected chi connectivity index (χ3v) is 3.70. The van der Waals surface area contributed by atoms with Gasteiger partial charge in [-0.25, -0.2) is 0 Å². The molecule has 0 bridgehead atoms. The average molecular weight is 400 g/mol. The number of carbonyl (C=O) groups excluding carboxylic acids is 1. The molecule has 0 spiro atoms. The second-order valence-corrected chi connectivity index (χ2v) is 5.93. The Morgan fingerprint density at radius 3 is 2.42 bits per heavy atom. The smallest absolute Gasteiger partial charge is 0.323 e. The number of hydrogen-bond donors (Lipinski definition) is 1. The summed E-state index contributed by atoms with van der Waals surface area (Å²) in [5.74, 6) is -0.767. The van der Waals surface area contributed by atoms with Crippen molar-refractivity contribution in [3.05, 3.63) is 61.4 Å². The number of carbonyl (C=O) groups is 1. The van der Waals surface area contributed by atoms with Crippen LogP contribution in [0.2, 0.25) is 15.1 Å². The highest BCUT2D eigenvalue weighted by molar-refractivity contribution is 6.34. The van der Waals surface area contributed by atoms with Gasteiger partial charge in [-0.1, -0.05) is 34.8 Å². The fraction of sp³-hybridized carbons (Fsp3) is 0.143. The SMILES string of the molecule is O=C(Cn1cc(Cl)cc(Cl)c1=O)Nc1cc(C(F)(F)F)ccc1Cl. The van der Waals surface area contributed by atoms with Gasteiger partial charge in [-0.15, -0.1) is 0 Å². The van der Waals surface area contributed by atoms with Crippen molar-refractivity contribution in [1.82, 2.24) is 4.57 Å². The topological polar surface area (TPSA) is 51.1 Å². The van der Waals surface area contributed by atoms with Crippen LogP contribution in [0.5, 0.6) is 0 Å². The zero-order chi connectivity index (χ0) is 18.1. The van der Waals surface area contributed by atoms with Crippen molar-refractivity contribution in [3.63, 3.8) is 0 Å². The molecule has 10 heteroatoms. The van der Waals surface area contributed by atoms with Gasteiger partial charge in [-0.05, 0) is 24.3 Å². The number of pyridine rings is 1. The molecule has 4 nitrogen and oxygen atoms in total. The lowest BCUT2D eigenvalue weighted by atomic mass is 10.2. The van der Waals surface area contributed by atoms with E-state index < -0.39 is 29.8 Å². The van der Waals surface area contributed by atoms with Crippen LogP contribution in [0.3, 0.4) is 0 Å². The first-order valence-electron chi connectivity index (χ1n) is 6.30. The van der Waals surface area contributed by atoms with Crippen molar-refractivity contribution in [3.8, 4) is 0 Å². The normalized spacial score (nSPS) is 11.4. The Hall–Kier alpha value is -1.70. The van der Waals surface area contributed by atoms with Crippen LogP contribution in [0.1, 0.15) is 5.56 Å². The third-order valence-electron chi connectivity index (χ3n) is 2.89. The Morgan fingerprint density at radius 2 is 1.79 bits per heavy atom. The Morgan fingerprint density at radius 1 is 1.12 bits per heavy atom. The molecule has 2 aromatic rings. The van der Waals surface area contributed by atoms with Crippen LogP contribution in [0, 0.1) is 0 Å². The van der Waals surface area contributed by atoms with Crippen LogP contribution in [0.15, 0.2) is 35.3 Å². The maximum absolute atomic E-state index is 12.7. The van der Waals surface area contributed by atoms with Crippen LogP contribution < -0.4 is 10.9 Å². The fourth-order valence-electron chi connectivity index (χ4n) is 1.82. The zero-order valence-corrected chi connectivity index (χ0v) is 13.9. The molecule has 1 N–H and O–H groups in total. The van der Waals surface area contributed by atoms with Gasteiger partial charge >= 0.3 is 6.18 Å². The van der Waals surface area contributed by atoms with Gasteiger partial charge in [0, 0.05) is 6.20 Å². The molecule has 0 aliphatic carbocycles. The second kappa shape index (κ2) is 7.04. The summed E-state index contributed by atoms with van der Waals surface area (Å²) < 4.78 is 39.0. The summed E-state index contributed by atoms with van der Waals surface area (Å²) in [7, 11) is 0. The molecule has 0 aliphatic heterocycles. The maximum atomic E-state index is 12.7. The molecule has 0 atom stereocenters. The maximum Gasteiger partial charge on any atom is 0.416 e. The molecule has 1 aromatic heterocycles. The van der Waals surface area contributed by atoms with Crippen molar-refractivity contribution in [1.29, 1.82) is 0 Å². The monoisotopic (exact) mass is 398 g/mol. The van der Waals surface area contributed by atoms with Gasteiger partial charge in [0.25, 0.3) is 5.56 Å². The second-order valence-electron chi connectivity index (χ2n) is 4.68. The number of nitrogens with zero attached hydrogens (tertiary/aromatic N) is 1. The minimum Gasteiger partial charge on any atom is -0.323 e. The lowest BCUT2D eigenvalue weighted by Gasteiger charge is -2.12. The van der Waals surface area contributed by atoms with Gasteiger partial charge in [0.2, 0.25) is 5.91 Å². The van der Waals surface area contributed by atoms with E-state index in [1.165, 1.54) is 12.3 Å². The van der Waals surface area contributed by atoms with E-state index in [4.69, 9.17) is 34.8 Å². The molecule has 0 radical (unpaired) electrons. The summed E-state index contributed by atoms with van der Waals surface area (Å²) in [6.07, 6.45) is -3.40. The van der Waals surface area contributed by atoms with Crippen LogP contribution in [0.4, 0.5) is 18.9 Å².